The Morgan fingerprint density at radius 3 is 2.61 bits per heavy atom. The molecule has 0 saturated heterocycles. The fourth-order valence-corrected chi connectivity index (χ4v) is 4.99. The van der Waals surface area contributed by atoms with Crippen LogP contribution in [-0.4, -0.2) is 59.2 Å². The highest BCUT2D eigenvalue weighted by Gasteiger charge is 2.30. The van der Waals surface area contributed by atoms with Crippen molar-refractivity contribution in [3.05, 3.63) is 41.3 Å². The summed E-state index contributed by atoms with van der Waals surface area (Å²) in [5.74, 6) is 0.470. The summed E-state index contributed by atoms with van der Waals surface area (Å²) in [4.78, 5) is 37.1. The quantitative estimate of drug-likeness (QED) is 0.366. The molecule has 38 heavy (non-hydrogen) atoms. The predicted octanol–water partition coefficient (Wildman–Crippen LogP) is 4.07. The fourth-order valence-electron chi connectivity index (χ4n) is 4.99. The van der Waals surface area contributed by atoms with E-state index in [0.29, 0.717) is 58.2 Å². The summed E-state index contributed by atoms with van der Waals surface area (Å²) in [5, 5.41) is 5.97. The molecular weight excluding hydrogens is 496 g/mol. The van der Waals surface area contributed by atoms with Crippen LogP contribution in [0.15, 0.2) is 24.5 Å². The van der Waals surface area contributed by atoms with Crippen LogP contribution < -0.4 is 15.4 Å². The summed E-state index contributed by atoms with van der Waals surface area (Å²) in [6, 6.07) is 4.17. The number of methoxy groups -OCH3 is 1. The number of ether oxygens (including phenoxy) is 2. The Hall–Kier alpha value is -3.60. The lowest BCUT2D eigenvalue weighted by Crippen LogP contribution is -2.38. The number of aromatic amines is 1. The van der Waals surface area contributed by atoms with Crippen molar-refractivity contribution in [3.63, 3.8) is 0 Å². The number of carbonyl (C=O) groups is 2. The van der Waals surface area contributed by atoms with E-state index >= 15 is 0 Å². The molecule has 2 aromatic heterocycles. The van der Waals surface area contributed by atoms with Gasteiger partial charge in [-0.15, -0.1) is 0 Å². The number of H-pyrrole nitrogens is 1. The first-order valence-corrected chi connectivity index (χ1v) is 12.8. The van der Waals surface area contributed by atoms with Gasteiger partial charge in [-0.1, -0.05) is 0 Å². The molecule has 202 valence electrons. The number of alkyl halides is 2. The Labute approximate surface area is 218 Å². The lowest BCUT2D eigenvalue weighted by atomic mass is 10.0. The van der Waals surface area contributed by atoms with Crippen molar-refractivity contribution in [1.29, 1.82) is 0 Å². The largest absolute Gasteiger partial charge is 0.493 e. The number of carbonyl (C=O) groups excluding carboxylic acids is 2. The van der Waals surface area contributed by atoms with Crippen molar-refractivity contribution in [3.8, 4) is 17.0 Å². The topological polar surface area (TPSA) is 118 Å². The van der Waals surface area contributed by atoms with E-state index in [1.807, 2.05) is 0 Å². The zero-order valence-corrected chi connectivity index (χ0v) is 21.4. The molecule has 2 aliphatic rings. The van der Waals surface area contributed by atoms with Crippen LogP contribution in [-0.2, 0) is 9.53 Å². The van der Waals surface area contributed by atoms with Gasteiger partial charge in [0.15, 0.2) is 0 Å². The van der Waals surface area contributed by atoms with Gasteiger partial charge in [0.25, 0.3) is 12.3 Å². The van der Waals surface area contributed by atoms with Gasteiger partial charge in [0.2, 0.25) is 5.91 Å². The van der Waals surface area contributed by atoms with Crippen LogP contribution in [0.4, 0.5) is 8.78 Å². The van der Waals surface area contributed by atoms with E-state index in [1.165, 1.54) is 25.6 Å². The van der Waals surface area contributed by atoms with Gasteiger partial charge in [0, 0.05) is 36.0 Å². The van der Waals surface area contributed by atoms with Gasteiger partial charge in [-0.05, 0) is 63.1 Å². The Morgan fingerprint density at radius 1 is 1.13 bits per heavy atom. The van der Waals surface area contributed by atoms with Gasteiger partial charge in [0.05, 0.1) is 17.7 Å². The van der Waals surface area contributed by atoms with E-state index in [-0.39, 0.29) is 36.1 Å². The molecular formula is C27H31F2N5O4. The van der Waals surface area contributed by atoms with E-state index in [4.69, 9.17) is 9.47 Å². The van der Waals surface area contributed by atoms with E-state index in [0.717, 1.165) is 25.7 Å². The third kappa shape index (κ3) is 5.62. The monoisotopic (exact) mass is 527 g/mol. The Balaban J connectivity index is 1.41. The minimum atomic E-state index is -2.65. The van der Waals surface area contributed by atoms with Gasteiger partial charge in [-0.2, -0.15) is 0 Å². The minimum absolute atomic E-state index is 0.00233. The molecule has 11 heteroatoms. The average Bonchev–Trinajstić information content (AvgIpc) is 3.51. The van der Waals surface area contributed by atoms with Gasteiger partial charge in [-0.3, -0.25) is 9.59 Å². The number of nitrogens with one attached hydrogen (secondary N) is 3. The summed E-state index contributed by atoms with van der Waals surface area (Å²) in [6.07, 6.45) is 2.97. The normalized spacial score (nSPS) is 19.2. The highest BCUT2D eigenvalue weighted by molar-refractivity contribution is 6.09. The molecule has 2 aliphatic carbocycles. The molecule has 1 aromatic carbocycles. The molecule has 0 unspecified atom stereocenters. The maximum absolute atomic E-state index is 13.6. The van der Waals surface area contributed by atoms with Crippen molar-refractivity contribution in [2.24, 2.45) is 5.92 Å². The highest BCUT2D eigenvalue weighted by Crippen LogP contribution is 2.38. The molecule has 3 N–H and O–H groups in total. The predicted molar refractivity (Wildman–Crippen MR) is 136 cm³/mol. The number of nitrogens with zero attached hydrogens (tertiary/aromatic N) is 2. The summed E-state index contributed by atoms with van der Waals surface area (Å²) < 4.78 is 38.0. The number of hydrogen-bond acceptors (Lipinski definition) is 6. The summed E-state index contributed by atoms with van der Waals surface area (Å²) in [6.45, 7) is 2.28. The van der Waals surface area contributed by atoms with Gasteiger partial charge in [-0.25, -0.2) is 18.7 Å². The van der Waals surface area contributed by atoms with Crippen LogP contribution in [0.1, 0.15) is 60.1 Å². The van der Waals surface area contributed by atoms with Crippen LogP contribution in [0.2, 0.25) is 0 Å². The molecule has 2 heterocycles. The van der Waals surface area contributed by atoms with Crippen LogP contribution >= 0.6 is 0 Å². The molecule has 0 radical (unpaired) electrons. The molecule has 0 bridgehead atoms. The molecule has 5 rings (SSSR count). The van der Waals surface area contributed by atoms with E-state index in [1.54, 1.807) is 13.0 Å². The van der Waals surface area contributed by atoms with E-state index < -0.39 is 6.43 Å². The standard InChI is InChI=1S/C27H31F2N5O4/c1-14-22(27(36)34-18-7-6-17(10-18)33-21(35)12-37-2)24-25(32-14)23(30-13-31-24)19-9-16(26(28)29)5-8-20(19)38-11-15-3-4-15/h5,8-9,13,15,17-18,26,32H,3-4,6-7,10-12H2,1-2H3,(H,33,35)(H,34,36)/t17-,18-/m0/s1. The van der Waals surface area contributed by atoms with Crippen molar-refractivity contribution in [2.75, 3.05) is 20.3 Å². The first-order chi connectivity index (χ1) is 18.3. The molecule has 2 atom stereocenters. The van der Waals surface area contributed by atoms with Crippen molar-refractivity contribution < 1.29 is 27.8 Å². The zero-order chi connectivity index (χ0) is 26.8. The van der Waals surface area contributed by atoms with Gasteiger partial charge >= 0.3 is 0 Å². The van der Waals surface area contributed by atoms with Crippen LogP contribution in [0.5, 0.6) is 5.75 Å². The molecule has 2 amide bonds. The van der Waals surface area contributed by atoms with Crippen LogP contribution in [0, 0.1) is 12.8 Å². The number of aromatic nitrogens is 3. The van der Waals surface area contributed by atoms with Crippen molar-refractivity contribution in [1.82, 2.24) is 25.6 Å². The number of benzene rings is 1. The lowest BCUT2D eigenvalue weighted by molar-refractivity contribution is -0.125. The first kappa shape index (κ1) is 26.0. The average molecular weight is 528 g/mol. The Bertz CT molecular complexity index is 1340. The molecule has 9 nitrogen and oxygen atoms in total. The molecule has 2 saturated carbocycles. The van der Waals surface area contributed by atoms with Gasteiger partial charge < -0.3 is 25.1 Å². The number of halogens is 2. The number of aryl methyl sites for hydroxylation is 1. The smallest absolute Gasteiger partial charge is 0.263 e. The number of fused-ring (bicyclic) bond motifs is 1. The second-order valence-electron chi connectivity index (χ2n) is 10.1. The lowest BCUT2D eigenvalue weighted by Gasteiger charge is -2.15. The van der Waals surface area contributed by atoms with Gasteiger partial charge in [0.1, 0.15) is 29.9 Å². The minimum Gasteiger partial charge on any atom is -0.493 e. The van der Waals surface area contributed by atoms with Crippen LogP contribution in [0.25, 0.3) is 22.3 Å². The van der Waals surface area contributed by atoms with Crippen molar-refractivity contribution >= 4 is 22.8 Å². The van der Waals surface area contributed by atoms with E-state index in [2.05, 4.69) is 25.6 Å². The van der Waals surface area contributed by atoms with Crippen LogP contribution in [0.3, 0.4) is 0 Å². The molecule has 3 aromatic rings. The molecule has 0 spiro atoms. The van der Waals surface area contributed by atoms with E-state index in [9.17, 15) is 18.4 Å². The van der Waals surface area contributed by atoms with Crippen molar-refractivity contribution in [2.45, 2.75) is 57.5 Å². The maximum Gasteiger partial charge on any atom is 0.263 e. The third-order valence-electron chi connectivity index (χ3n) is 7.09. The SMILES string of the molecule is COCC(=O)N[C@H]1CC[C@H](NC(=O)c2c(C)[nH]c3c(-c4cc(C(F)F)ccc4OCC4CC4)ncnc23)C1. The first-order valence-electron chi connectivity index (χ1n) is 12.8. The fraction of sp³-hybridized carbons (Fsp3) is 0.481. The Kier molecular flexibility index (Phi) is 7.55. The Morgan fingerprint density at radius 2 is 1.89 bits per heavy atom. The molecule has 0 aliphatic heterocycles. The summed E-state index contributed by atoms with van der Waals surface area (Å²) >= 11 is 0. The number of hydrogen-bond donors (Lipinski definition) is 3. The second kappa shape index (κ2) is 11.0. The maximum atomic E-state index is 13.6. The summed E-state index contributed by atoms with van der Waals surface area (Å²) in [5.41, 5.74) is 2.54. The number of rotatable bonds is 10. The molecule has 2 fully saturated rings. The highest BCUT2D eigenvalue weighted by atomic mass is 19.3. The second-order valence-corrected chi connectivity index (χ2v) is 10.1. The third-order valence-corrected chi connectivity index (χ3v) is 7.09. The zero-order valence-electron chi connectivity index (χ0n) is 21.4. The summed E-state index contributed by atoms with van der Waals surface area (Å²) in [7, 11) is 1.47. The number of amides is 2.